The van der Waals surface area contributed by atoms with Crippen molar-refractivity contribution in [2.24, 2.45) is 13.0 Å². The first kappa shape index (κ1) is 21.7. The van der Waals surface area contributed by atoms with E-state index in [1.807, 2.05) is 54.3 Å². The van der Waals surface area contributed by atoms with E-state index < -0.39 is 10.0 Å². The first-order valence-corrected chi connectivity index (χ1v) is 12.8. The molecule has 0 aliphatic carbocycles. The summed E-state index contributed by atoms with van der Waals surface area (Å²) in [6.07, 6.45) is 5.74. The van der Waals surface area contributed by atoms with Crippen molar-refractivity contribution in [2.75, 3.05) is 19.6 Å². The molecule has 3 heterocycles. The van der Waals surface area contributed by atoms with Crippen LogP contribution in [0.4, 0.5) is 0 Å². The molecule has 2 aromatic carbocycles. The molecular weight excluding hydrogens is 436 g/mol. The third kappa shape index (κ3) is 4.16. The number of nitrogens with one attached hydrogen (secondary N) is 2. The molecule has 5 rings (SSSR count). The fraction of sp³-hybridized carbons (Fsp3) is 0.320. The second-order valence-electron chi connectivity index (χ2n) is 8.73. The summed E-state index contributed by atoms with van der Waals surface area (Å²) < 4.78 is 29.8. The van der Waals surface area contributed by atoms with Gasteiger partial charge in [0.2, 0.25) is 15.9 Å². The molecule has 1 aliphatic rings. The Balaban J connectivity index is 1.16. The van der Waals surface area contributed by atoms with Crippen molar-refractivity contribution in [1.82, 2.24) is 19.2 Å². The number of piperidine rings is 1. The molecule has 2 aromatic heterocycles. The van der Waals surface area contributed by atoms with Gasteiger partial charge in [-0.1, -0.05) is 18.2 Å². The second-order valence-corrected chi connectivity index (χ2v) is 10.7. The Bertz CT molecular complexity index is 1410. The number of amides is 1. The van der Waals surface area contributed by atoms with Crippen molar-refractivity contribution < 1.29 is 13.2 Å². The van der Waals surface area contributed by atoms with E-state index >= 15 is 0 Å². The highest BCUT2D eigenvalue weighted by Gasteiger charge is 2.32. The highest BCUT2D eigenvalue weighted by molar-refractivity contribution is 7.89. The van der Waals surface area contributed by atoms with Gasteiger partial charge >= 0.3 is 0 Å². The SMILES string of the molecule is Cn1ccc2cc(S(=O)(=O)N3CCC(C(=O)NCCc4c[nH]c5ccccc45)CC3)ccc21. The van der Waals surface area contributed by atoms with Crippen LogP contribution in [0.3, 0.4) is 0 Å². The summed E-state index contributed by atoms with van der Waals surface area (Å²) >= 11 is 0. The number of aromatic nitrogens is 2. The molecule has 172 valence electrons. The fourth-order valence-electron chi connectivity index (χ4n) is 4.73. The number of carbonyl (C=O) groups is 1. The quantitative estimate of drug-likeness (QED) is 0.458. The van der Waals surface area contributed by atoms with Crippen LogP contribution in [0.2, 0.25) is 0 Å². The summed E-state index contributed by atoms with van der Waals surface area (Å²) in [5.74, 6) is -0.145. The number of para-hydroxylation sites is 1. The van der Waals surface area contributed by atoms with Crippen molar-refractivity contribution >= 4 is 37.7 Å². The molecule has 0 radical (unpaired) electrons. The Labute approximate surface area is 193 Å². The molecule has 7 nitrogen and oxygen atoms in total. The summed E-state index contributed by atoms with van der Waals surface area (Å²) in [5, 5.41) is 5.13. The number of benzene rings is 2. The minimum atomic E-state index is -3.57. The van der Waals surface area contributed by atoms with E-state index in [-0.39, 0.29) is 11.8 Å². The van der Waals surface area contributed by atoms with Crippen molar-refractivity contribution in [3.8, 4) is 0 Å². The van der Waals surface area contributed by atoms with Crippen LogP contribution in [0.25, 0.3) is 21.8 Å². The average molecular weight is 465 g/mol. The average Bonchev–Trinajstić information content (AvgIpc) is 3.42. The third-order valence-electron chi connectivity index (χ3n) is 6.69. The van der Waals surface area contributed by atoms with Crippen LogP contribution in [-0.2, 0) is 28.3 Å². The lowest BCUT2D eigenvalue weighted by atomic mass is 9.97. The lowest BCUT2D eigenvalue weighted by Gasteiger charge is -2.30. The lowest BCUT2D eigenvalue weighted by molar-refractivity contribution is -0.126. The Hall–Kier alpha value is -3.10. The Morgan fingerprint density at radius 2 is 1.91 bits per heavy atom. The predicted molar refractivity (Wildman–Crippen MR) is 129 cm³/mol. The van der Waals surface area contributed by atoms with Gasteiger partial charge < -0.3 is 14.9 Å². The molecule has 1 aliphatic heterocycles. The number of carbonyl (C=O) groups excluding carboxylic acids is 1. The van der Waals surface area contributed by atoms with E-state index in [0.717, 1.165) is 22.8 Å². The second kappa shape index (κ2) is 8.68. The zero-order valence-electron chi connectivity index (χ0n) is 18.6. The molecule has 33 heavy (non-hydrogen) atoms. The number of hydrogen-bond acceptors (Lipinski definition) is 3. The number of H-pyrrole nitrogens is 1. The molecule has 2 N–H and O–H groups in total. The maximum absolute atomic E-state index is 13.1. The fourth-order valence-corrected chi connectivity index (χ4v) is 6.24. The molecule has 0 spiro atoms. The third-order valence-corrected chi connectivity index (χ3v) is 8.58. The highest BCUT2D eigenvalue weighted by Crippen LogP contribution is 2.26. The molecule has 0 bridgehead atoms. The summed E-state index contributed by atoms with van der Waals surface area (Å²) in [6, 6.07) is 15.3. The summed E-state index contributed by atoms with van der Waals surface area (Å²) in [5.41, 5.74) is 3.28. The van der Waals surface area contributed by atoms with Gasteiger partial charge in [-0.25, -0.2) is 8.42 Å². The maximum atomic E-state index is 13.1. The molecule has 0 atom stereocenters. The van der Waals surface area contributed by atoms with Crippen LogP contribution in [-0.4, -0.2) is 47.8 Å². The number of sulfonamides is 1. The molecule has 1 amide bonds. The van der Waals surface area contributed by atoms with Gasteiger partial charge in [-0.05, 0) is 55.2 Å². The number of fused-ring (bicyclic) bond motifs is 2. The monoisotopic (exact) mass is 464 g/mol. The molecule has 0 unspecified atom stereocenters. The Kier molecular flexibility index (Phi) is 5.72. The van der Waals surface area contributed by atoms with E-state index in [1.165, 1.54) is 15.3 Å². The Morgan fingerprint density at radius 3 is 2.73 bits per heavy atom. The van der Waals surface area contributed by atoms with Gasteiger partial charge in [-0.15, -0.1) is 0 Å². The normalized spacial score (nSPS) is 15.9. The summed E-state index contributed by atoms with van der Waals surface area (Å²) in [6.45, 7) is 1.28. The van der Waals surface area contributed by atoms with Crippen molar-refractivity contribution in [1.29, 1.82) is 0 Å². The van der Waals surface area contributed by atoms with E-state index in [2.05, 4.69) is 16.4 Å². The van der Waals surface area contributed by atoms with E-state index in [1.54, 1.807) is 12.1 Å². The zero-order valence-corrected chi connectivity index (χ0v) is 19.4. The van der Waals surface area contributed by atoms with Crippen LogP contribution < -0.4 is 5.32 Å². The van der Waals surface area contributed by atoms with Gasteiger partial charge in [0.05, 0.1) is 4.90 Å². The van der Waals surface area contributed by atoms with Crippen LogP contribution in [0.5, 0.6) is 0 Å². The largest absolute Gasteiger partial charge is 0.361 e. The lowest BCUT2D eigenvalue weighted by Crippen LogP contribution is -2.43. The summed E-state index contributed by atoms with van der Waals surface area (Å²) in [4.78, 5) is 16.2. The summed E-state index contributed by atoms with van der Waals surface area (Å²) in [7, 11) is -1.63. The number of aromatic amines is 1. The first-order valence-electron chi connectivity index (χ1n) is 11.3. The van der Waals surface area contributed by atoms with Crippen molar-refractivity contribution in [2.45, 2.75) is 24.2 Å². The minimum absolute atomic E-state index is 0.0117. The molecule has 0 saturated carbocycles. The van der Waals surface area contributed by atoms with Crippen molar-refractivity contribution in [3.63, 3.8) is 0 Å². The van der Waals surface area contributed by atoms with Gasteiger partial charge in [-0.3, -0.25) is 4.79 Å². The molecule has 8 heteroatoms. The van der Waals surface area contributed by atoms with E-state index in [4.69, 9.17) is 0 Å². The van der Waals surface area contributed by atoms with E-state index in [9.17, 15) is 13.2 Å². The van der Waals surface area contributed by atoms with Gasteiger partial charge in [0.25, 0.3) is 0 Å². The Morgan fingerprint density at radius 1 is 1.12 bits per heavy atom. The maximum Gasteiger partial charge on any atom is 0.243 e. The number of rotatable bonds is 6. The number of aryl methyl sites for hydroxylation is 1. The molecule has 4 aromatic rings. The zero-order chi connectivity index (χ0) is 23.0. The van der Waals surface area contributed by atoms with Crippen LogP contribution in [0.1, 0.15) is 18.4 Å². The van der Waals surface area contributed by atoms with Crippen molar-refractivity contribution in [3.05, 3.63) is 66.5 Å². The van der Waals surface area contributed by atoms with Crippen LogP contribution in [0.15, 0.2) is 65.8 Å². The topological polar surface area (TPSA) is 87.2 Å². The van der Waals surface area contributed by atoms with Gasteiger partial charge in [0, 0.05) is 66.8 Å². The van der Waals surface area contributed by atoms with Gasteiger partial charge in [-0.2, -0.15) is 4.31 Å². The van der Waals surface area contributed by atoms with Crippen LogP contribution >= 0.6 is 0 Å². The minimum Gasteiger partial charge on any atom is -0.361 e. The molecular formula is C25H28N4O3S. The molecule has 1 fully saturated rings. The number of nitrogens with zero attached hydrogens (tertiary/aromatic N) is 2. The standard InChI is InChI=1S/C25H28N4O3S/c1-28-13-9-19-16-21(6-7-24(19)28)33(31,32)29-14-10-18(11-15-29)25(30)26-12-8-20-17-27-23-5-3-2-4-22(20)23/h2-7,9,13,16-18,27H,8,10-12,14-15H2,1H3,(H,26,30). The number of hydrogen-bond donors (Lipinski definition) is 2. The van der Waals surface area contributed by atoms with Gasteiger partial charge in [0.1, 0.15) is 0 Å². The highest BCUT2D eigenvalue weighted by atomic mass is 32.2. The first-order chi connectivity index (χ1) is 15.9. The predicted octanol–water partition coefficient (Wildman–Crippen LogP) is 3.42. The van der Waals surface area contributed by atoms with Crippen LogP contribution in [0, 0.1) is 5.92 Å². The van der Waals surface area contributed by atoms with Gasteiger partial charge in [0.15, 0.2) is 0 Å². The molecule has 1 saturated heterocycles. The van der Waals surface area contributed by atoms with E-state index in [0.29, 0.717) is 37.4 Å². The smallest absolute Gasteiger partial charge is 0.243 e.